The van der Waals surface area contributed by atoms with Crippen LogP contribution in [0.15, 0.2) is 36.7 Å². The molecule has 1 amide bonds. The number of ether oxygens (including phenoxy) is 1. The maximum absolute atomic E-state index is 14.0. The third-order valence-electron chi connectivity index (χ3n) is 6.74. The summed E-state index contributed by atoms with van der Waals surface area (Å²) in [6.45, 7) is 3.87. The number of rotatable bonds is 4. The minimum absolute atomic E-state index is 0.179. The van der Waals surface area contributed by atoms with Crippen molar-refractivity contribution in [1.29, 1.82) is 0 Å². The number of amides is 1. The van der Waals surface area contributed by atoms with Crippen LogP contribution >= 0.6 is 0 Å². The van der Waals surface area contributed by atoms with Crippen molar-refractivity contribution in [3.8, 4) is 17.0 Å². The molecule has 4 heterocycles. The van der Waals surface area contributed by atoms with E-state index in [1.165, 1.54) is 4.68 Å². The molecular formula is C25H24F3N5O2. The Morgan fingerprint density at radius 1 is 1.20 bits per heavy atom. The van der Waals surface area contributed by atoms with Crippen molar-refractivity contribution in [3.63, 3.8) is 0 Å². The molecule has 4 aromatic rings. The van der Waals surface area contributed by atoms with Crippen molar-refractivity contribution in [1.82, 2.24) is 24.3 Å². The zero-order valence-electron chi connectivity index (χ0n) is 19.7. The predicted molar refractivity (Wildman–Crippen MR) is 123 cm³/mol. The Labute approximate surface area is 199 Å². The average Bonchev–Trinajstić information content (AvgIpc) is 3.41. The third kappa shape index (κ3) is 3.55. The highest BCUT2D eigenvalue weighted by Gasteiger charge is 2.39. The first kappa shape index (κ1) is 22.9. The van der Waals surface area contributed by atoms with Gasteiger partial charge in [0.05, 0.1) is 48.0 Å². The largest absolute Gasteiger partial charge is 0.495 e. The van der Waals surface area contributed by atoms with Crippen LogP contribution in [0.3, 0.4) is 0 Å². The molecule has 35 heavy (non-hydrogen) atoms. The standard InChI is InChI=1S/C25H24F3N5O2/c1-5-15-10-17-23(30-31(3)24(17)14-8-19(26)22(28)20(27)9-14)13(2)33(15)25(34)18-11-29-32-12-16(35-4)6-7-21(18)32/h6-9,11-13,15H,5,10H2,1-4H3/t13-,15?/m0/s1. The van der Waals surface area contributed by atoms with Crippen LogP contribution in [0.1, 0.15) is 47.9 Å². The summed E-state index contributed by atoms with van der Waals surface area (Å²) >= 11 is 0. The number of methoxy groups -OCH3 is 1. The van der Waals surface area contributed by atoms with Crippen LogP contribution in [-0.4, -0.2) is 43.4 Å². The minimum atomic E-state index is -1.51. The fraction of sp³-hybridized carbons (Fsp3) is 0.320. The second-order valence-electron chi connectivity index (χ2n) is 8.70. The smallest absolute Gasteiger partial charge is 0.258 e. The van der Waals surface area contributed by atoms with Gasteiger partial charge in [0, 0.05) is 24.2 Å². The average molecular weight is 483 g/mol. The fourth-order valence-electron chi connectivity index (χ4n) is 5.03. The highest BCUT2D eigenvalue weighted by Crippen LogP contribution is 2.40. The summed E-state index contributed by atoms with van der Waals surface area (Å²) in [4.78, 5) is 15.6. The lowest BCUT2D eigenvalue weighted by Gasteiger charge is -2.39. The summed E-state index contributed by atoms with van der Waals surface area (Å²) in [5.41, 5.74) is 3.27. The molecule has 10 heteroatoms. The molecule has 0 N–H and O–H groups in total. The summed E-state index contributed by atoms with van der Waals surface area (Å²) in [7, 11) is 3.23. The highest BCUT2D eigenvalue weighted by molar-refractivity contribution is 6.01. The van der Waals surface area contributed by atoms with Crippen LogP contribution in [0.5, 0.6) is 5.75 Å². The molecule has 0 saturated carbocycles. The lowest BCUT2D eigenvalue weighted by atomic mass is 9.89. The Hall–Kier alpha value is -3.82. The Balaban J connectivity index is 1.57. The van der Waals surface area contributed by atoms with E-state index in [0.29, 0.717) is 41.1 Å². The van der Waals surface area contributed by atoms with Gasteiger partial charge in [0.1, 0.15) is 5.75 Å². The van der Waals surface area contributed by atoms with E-state index in [2.05, 4.69) is 10.2 Å². The van der Waals surface area contributed by atoms with Crippen LogP contribution in [-0.2, 0) is 13.5 Å². The van der Waals surface area contributed by atoms with E-state index >= 15 is 0 Å². The van der Waals surface area contributed by atoms with Crippen molar-refractivity contribution in [3.05, 3.63) is 70.9 Å². The van der Waals surface area contributed by atoms with Gasteiger partial charge in [-0.3, -0.25) is 9.48 Å². The molecular weight excluding hydrogens is 459 g/mol. The molecule has 0 aliphatic carbocycles. The van der Waals surface area contributed by atoms with Gasteiger partial charge in [-0.2, -0.15) is 10.2 Å². The van der Waals surface area contributed by atoms with Crippen LogP contribution in [0.25, 0.3) is 16.8 Å². The first-order valence-corrected chi connectivity index (χ1v) is 11.3. The van der Waals surface area contributed by atoms with Crippen molar-refractivity contribution in [2.24, 2.45) is 7.05 Å². The molecule has 0 bridgehead atoms. The normalized spacial score (nSPS) is 17.6. The van der Waals surface area contributed by atoms with Gasteiger partial charge < -0.3 is 9.64 Å². The fourth-order valence-corrected chi connectivity index (χ4v) is 5.03. The van der Waals surface area contributed by atoms with Crippen LogP contribution in [0.4, 0.5) is 13.2 Å². The number of fused-ring (bicyclic) bond motifs is 2. The number of aryl methyl sites for hydroxylation is 1. The van der Waals surface area contributed by atoms with Gasteiger partial charge in [0.25, 0.3) is 5.91 Å². The van der Waals surface area contributed by atoms with Crippen LogP contribution in [0, 0.1) is 17.5 Å². The molecule has 182 valence electrons. The van der Waals surface area contributed by atoms with Crippen LogP contribution < -0.4 is 4.74 Å². The Morgan fingerprint density at radius 2 is 1.91 bits per heavy atom. The number of carbonyl (C=O) groups excluding carboxylic acids is 1. The number of nitrogens with zero attached hydrogens (tertiary/aromatic N) is 5. The van der Waals surface area contributed by atoms with E-state index in [4.69, 9.17) is 4.74 Å². The van der Waals surface area contributed by atoms with Gasteiger partial charge in [0.2, 0.25) is 0 Å². The topological polar surface area (TPSA) is 64.7 Å². The van der Waals surface area contributed by atoms with Crippen molar-refractivity contribution >= 4 is 11.4 Å². The summed E-state index contributed by atoms with van der Waals surface area (Å²) < 4.78 is 49.9. The van der Waals surface area contributed by atoms with Crippen molar-refractivity contribution in [2.75, 3.05) is 7.11 Å². The van der Waals surface area contributed by atoms with Crippen molar-refractivity contribution in [2.45, 2.75) is 38.8 Å². The number of hydrogen-bond donors (Lipinski definition) is 0. The van der Waals surface area contributed by atoms with Crippen molar-refractivity contribution < 1.29 is 22.7 Å². The van der Waals surface area contributed by atoms with Gasteiger partial charge in [-0.15, -0.1) is 0 Å². The molecule has 3 aromatic heterocycles. The molecule has 0 radical (unpaired) electrons. The number of halogens is 3. The maximum Gasteiger partial charge on any atom is 0.258 e. The summed E-state index contributed by atoms with van der Waals surface area (Å²) in [6, 6.07) is 4.93. The maximum atomic E-state index is 14.0. The van der Waals surface area contributed by atoms with Gasteiger partial charge in [-0.05, 0) is 44.0 Å². The summed E-state index contributed by atoms with van der Waals surface area (Å²) in [6.07, 6.45) is 4.34. The van der Waals surface area contributed by atoms with E-state index < -0.39 is 23.5 Å². The second kappa shape index (κ2) is 8.44. The highest BCUT2D eigenvalue weighted by atomic mass is 19.2. The Bertz CT molecular complexity index is 1440. The van der Waals surface area contributed by atoms with E-state index in [-0.39, 0.29) is 17.5 Å². The monoisotopic (exact) mass is 483 g/mol. The van der Waals surface area contributed by atoms with E-state index in [1.54, 1.807) is 48.1 Å². The quantitative estimate of drug-likeness (QED) is 0.395. The lowest BCUT2D eigenvalue weighted by Crippen LogP contribution is -2.46. The molecule has 7 nitrogen and oxygen atoms in total. The summed E-state index contributed by atoms with van der Waals surface area (Å²) in [5.74, 6) is -3.58. The molecule has 0 fully saturated rings. The number of carbonyl (C=O) groups is 1. The predicted octanol–water partition coefficient (Wildman–Crippen LogP) is 4.70. The van der Waals surface area contributed by atoms with Gasteiger partial charge in [-0.1, -0.05) is 6.92 Å². The summed E-state index contributed by atoms with van der Waals surface area (Å²) in [5, 5.41) is 8.92. The molecule has 1 aliphatic rings. The SMILES string of the molecule is CCC1Cc2c(nn(C)c2-c2cc(F)c(F)c(F)c2)[C@H](C)N1C(=O)c1cnn2cc(OC)ccc12. The zero-order valence-corrected chi connectivity index (χ0v) is 19.7. The van der Waals surface area contributed by atoms with Gasteiger partial charge in [-0.25, -0.2) is 17.7 Å². The number of benzene rings is 1. The molecule has 0 spiro atoms. The molecule has 1 unspecified atom stereocenters. The van der Waals surface area contributed by atoms with E-state index in [1.807, 2.05) is 13.8 Å². The number of hydrogen-bond acceptors (Lipinski definition) is 4. The molecule has 2 atom stereocenters. The number of aromatic nitrogens is 4. The van der Waals surface area contributed by atoms with Crippen LogP contribution in [0.2, 0.25) is 0 Å². The molecule has 0 saturated heterocycles. The van der Waals surface area contributed by atoms with E-state index in [9.17, 15) is 18.0 Å². The Morgan fingerprint density at radius 3 is 2.57 bits per heavy atom. The Kier molecular flexibility index (Phi) is 5.53. The third-order valence-corrected chi connectivity index (χ3v) is 6.74. The molecule has 1 aliphatic heterocycles. The van der Waals surface area contributed by atoms with Gasteiger partial charge in [0.15, 0.2) is 17.5 Å². The minimum Gasteiger partial charge on any atom is -0.495 e. The number of pyridine rings is 1. The molecule has 5 rings (SSSR count). The zero-order chi connectivity index (χ0) is 25.0. The first-order chi connectivity index (χ1) is 16.7. The van der Waals surface area contributed by atoms with E-state index in [0.717, 1.165) is 17.7 Å². The first-order valence-electron chi connectivity index (χ1n) is 11.3. The van der Waals surface area contributed by atoms with Gasteiger partial charge >= 0.3 is 0 Å². The second-order valence-corrected chi connectivity index (χ2v) is 8.70. The molecule has 1 aromatic carbocycles. The lowest BCUT2D eigenvalue weighted by molar-refractivity contribution is 0.0547.